The zero-order valence-electron chi connectivity index (χ0n) is 38.0. The summed E-state index contributed by atoms with van der Waals surface area (Å²) in [4.78, 5) is 26.1. The van der Waals surface area contributed by atoms with Crippen molar-refractivity contribution in [1.29, 1.82) is 0 Å². The molecule has 8 heteroatoms. The van der Waals surface area contributed by atoms with E-state index < -0.39 is 0 Å². The smallest absolute Gasteiger partial charge is 0.238 e. The van der Waals surface area contributed by atoms with Gasteiger partial charge >= 0.3 is 0 Å². The third-order valence-electron chi connectivity index (χ3n) is 13.7. The summed E-state index contributed by atoms with van der Waals surface area (Å²) in [6.07, 6.45) is 0. The van der Waals surface area contributed by atoms with Crippen molar-refractivity contribution in [2.24, 2.45) is 0 Å². The van der Waals surface area contributed by atoms with Crippen molar-refractivity contribution in [3.05, 3.63) is 231 Å². The number of rotatable bonds is 7. The van der Waals surface area contributed by atoms with Gasteiger partial charge in [-0.15, -0.1) is 0 Å². The molecule has 71 heavy (non-hydrogen) atoms. The molecule has 0 saturated carbocycles. The van der Waals surface area contributed by atoms with Crippen LogP contribution in [0, 0.1) is 0 Å². The first-order chi connectivity index (χ1) is 35.1. The molecule has 0 aliphatic carbocycles. The average molecular weight is 910 g/mol. The summed E-state index contributed by atoms with van der Waals surface area (Å²) in [7, 11) is 0. The van der Waals surface area contributed by atoms with Crippen molar-refractivity contribution in [1.82, 2.24) is 34.1 Å². The largest absolute Gasteiger partial charge is 0.507 e. The molecule has 14 aromatic rings. The second kappa shape index (κ2) is 16.2. The van der Waals surface area contributed by atoms with Gasteiger partial charge in [0.25, 0.3) is 0 Å². The van der Waals surface area contributed by atoms with Crippen LogP contribution in [-0.2, 0) is 0 Å². The van der Waals surface area contributed by atoms with E-state index in [1.807, 2.05) is 78.9 Å². The Morgan fingerprint density at radius 1 is 0.324 bits per heavy atom. The molecule has 14 rings (SSSR count). The van der Waals surface area contributed by atoms with Crippen LogP contribution in [0.3, 0.4) is 0 Å². The first-order valence-corrected chi connectivity index (χ1v) is 23.6. The molecule has 5 aromatic heterocycles. The molecule has 0 aliphatic heterocycles. The summed E-state index contributed by atoms with van der Waals surface area (Å²) in [5, 5.41) is 17.3. The van der Waals surface area contributed by atoms with Crippen LogP contribution < -0.4 is 0 Å². The molecule has 0 saturated heterocycles. The number of hydrogen-bond donors (Lipinski definition) is 1. The van der Waals surface area contributed by atoms with Gasteiger partial charge in [-0.3, -0.25) is 4.57 Å². The molecule has 9 aromatic carbocycles. The van der Waals surface area contributed by atoms with E-state index >= 15 is 0 Å². The Kier molecular flexibility index (Phi) is 9.18. The number of pyridine rings is 2. The van der Waals surface area contributed by atoms with E-state index in [9.17, 15) is 5.11 Å². The van der Waals surface area contributed by atoms with Crippen molar-refractivity contribution in [3.8, 4) is 73.8 Å². The number of hydrogen-bond acceptors (Lipinski definition) is 6. The van der Waals surface area contributed by atoms with Gasteiger partial charge < -0.3 is 9.67 Å². The quantitative estimate of drug-likeness (QED) is 0.160. The summed E-state index contributed by atoms with van der Waals surface area (Å²) in [5.74, 6) is 1.81. The summed E-state index contributed by atoms with van der Waals surface area (Å²) in [6.45, 7) is 0. The maximum Gasteiger partial charge on any atom is 0.238 e. The maximum atomic E-state index is 10.7. The highest BCUT2D eigenvalue weighted by molar-refractivity contribution is 6.17. The van der Waals surface area contributed by atoms with Crippen LogP contribution in [0.2, 0.25) is 0 Å². The molecular weight excluding hydrogens is 871 g/mol. The van der Waals surface area contributed by atoms with Gasteiger partial charge in [0.2, 0.25) is 5.95 Å². The third kappa shape index (κ3) is 6.65. The lowest BCUT2D eigenvalue weighted by Crippen LogP contribution is -2.06. The predicted octanol–water partition coefficient (Wildman–Crippen LogP) is 15.2. The van der Waals surface area contributed by atoms with Gasteiger partial charge in [-0.05, 0) is 77.9 Å². The van der Waals surface area contributed by atoms with E-state index in [-0.39, 0.29) is 5.75 Å². The van der Waals surface area contributed by atoms with Crippen LogP contribution in [0.1, 0.15) is 0 Å². The molecular formula is C63H39N7O. The van der Waals surface area contributed by atoms with E-state index in [0.29, 0.717) is 28.9 Å². The zero-order chi connectivity index (χ0) is 47.0. The standard InChI is InChI=1S/C63H39N7O/c71-57-28-12-9-22-49(57)52-36-33-40-30-29-39-32-35-51(64-59(39)60(40)65-52)43-17-13-18-44(37-43)62-66-61(41-15-3-1-4-16-41)67-63(68-62)70-54-26-11-8-23-50(54)58-46(24-14-27-55(58)70)42-31-34-48-47-21-7-10-25-53(47)69(56(48)38-42)45-19-5-2-6-20-45/h1-38,71H. The Labute approximate surface area is 407 Å². The molecule has 0 amide bonds. The van der Waals surface area contributed by atoms with Gasteiger partial charge in [0, 0.05) is 60.3 Å². The summed E-state index contributed by atoms with van der Waals surface area (Å²) in [6, 6.07) is 79.0. The molecule has 5 heterocycles. The number of phenols is 1. The lowest BCUT2D eigenvalue weighted by Gasteiger charge is -2.12. The summed E-state index contributed by atoms with van der Waals surface area (Å²) < 4.78 is 4.55. The van der Waals surface area contributed by atoms with E-state index in [0.717, 1.165) is 88.3 Å². The van der Waals surface area contributed by atoms with Crippen LogP contribution >= 0.6 is 0 Å². The molecule has 332 valence electrons. The Hall–Kier alpha value is -9.79. The van der Waals surface area contributed by atoms with Gasteiger partial charge in [-0.2, -0.15) is 9.97 Å². The molecule has 8 nitrogen and oxygen atoms in total. The molecule has 0 spiro atoms. The molecule has 0 unspecified atom stereocenters. The first kappa shape index (κ1) is 40.3. The number of benzene rings is 9. The minimum absolute atomic E-state index is 0.183. The molecule has 0 aliphatic rings. The van der Waals surface area contributed by atoms with Crippen LogP contribution in [0.25, 0.3) is 133 Å². The molecule has 0 radical (unpaired) electrons. The highest BCUT2D eigenvalue weighted by Crippen LogP contribution is 2.41. The van der Waals surface area contributed by atoms with E-state index in [1.165, 1.54) is 16.3 Å². The summed E-state index contributed by atoms with van der Waals surface area (Å²) in [5.41, 5.74) is 14.0. The highest BCUT2D eigenvalue weighted by atomic mass is 16.3. The first-order valence-electron chi connectivity index (χ1n) is 23.6. The molecule has 1 N–H and O–H groups in total. The minimum atomic E-state index is 0.183. The summed E-state index contributed by atoms with van der Waals surface area (Å²) >= 11 is 0. The predicted molar refractivity (Wildman–Crippen MR) is 288 cm³/mol. The Morgan fingerprint density at radius 3 is 1.68 bits per heavy atom. The van der Waals surface area contributed by atoms with Crippen LogP contribution in [-0.4, -0.2) is 39.2 Å². The Morgan fingerprint density at radius 2 is 0.887 bits per heavy atom. The molecule has 0 atom stereocenters. The number of aromatic hydroxyl groups is 1. The minimum Gasteiger partial charge on any atom is -0.507 e. The molecule has 0 fully saturated rings. The number of para-hydroxylation sites is 4. The fraction of sp³-hybridized carbons (Fsp3) is 0. The number of aromatic nitrogens is 7. The van der Waals surface area contributed by atoms with Crippen LogP contribution in [0.4, 0.5) is 0 Å². The Balaban J connectivity index is 0.931. The topological polar surface area (TPSA) is 94.5 Å². The van der Waals surface area contributed by atoms with Crippen molar-refractivity contribution < 1.29 is 5.11 Å². The monoisotopic (exact) mass is 909 g/mol. The van der Waals surface area contributed by atoms with Gasteiger partial charge in [-0.1, -0.05) is 164 Å². The van der Waals surface area contributed by atoms with Gasteiger partial charge in [-0.25, -0.2) is 15.0 Å². The van der Waals surface area contributed by atoms with E-state index in [1.54, 1.807) is 6.07 Å². The van der Waals surface area contributed by atoms with Gasteiger partial charge in [0.05, 0.1) is 44.5 Å². The fourth-order valence-electron chi connectivity index (χ4n) is 10.4. The highest BCUT2D eigenvalue weighted by Gasteiger charge is 2.22. The Bertz CT molecular complexity index is 4430. The fourth-order valence-corrected chi connectivity index (χ4v) is 10.4. The second-order valence-electron chi connectivity index (χ2n) is 17.8. The van der Waals surface area contributed by atoms with E-state index in [2.05, 4.69) is 155 Å². The SMILES string of the molecule is Oc1ccccc1-c1ccc2ccc3ccc(-c4cccc(-c5nc(-c6ccccc6)nc(-n6c7ccccc7c7c(-c8ccc9c%10ccccc%10n(-c%10ccccc%10)c9c8)cccc76)n5)c4)nc3c2n1. The van der Waals surface area contributed by atoms with Crippen molar-refractivity contribution in [2.75, 3.05) is 0 Å². The molecule has 0 bridgehead atoms. The lowest BCUT2D eigenvalue weighted by atomic mass is 9.98. The van der Waals surface area contributed by atoms with Crippen LogP contribution in [0.5, 0.6) is 5.75 Å². The third-order valence-corrected chi connectivity index (χ3v) is 13.7. The average Bonchev–Trinajstić information content (AvgIpc) is 3.96. The normalized spacial score (nSPS) is 11.7. The van der Waals surface area contributed by atoms with Crippen molar-refractivity contribution in [2.45, 2.75) is 0 Å². The second-order valence-corrected chi connectivity index (χ2v) is 17.8. The van der Waals surface area contributed by atoms with Crippen molar-refractivity contribution >= 4 is 65.4 Å². The maximum absolute atomic E-state index is 10.7. The van der Waals surface area contributed by atoms with E-state index in [4.69, 9.17) is 24.9 Å². The van der Waals surface area contributed by atoms with Gasteiger partial charge in [0.1, 0.15) is 5.75 Å². The lowest BCUT2D eigenvalue weighted by molar-refractivity contribution is 0.477. The van der Waals surface area contributed by atoms with Gasteiger partial charge in [0.15, 0.2) is 11.6 Å². The number of fused-ring (bicyclic) bond motifs is 9. The number of nitrogens with zero attached hydrogens (tertiary/aromatic N) is 7. The number of phenolic OH excluding ortho intramolecular Hbond substituents is 1. The van der Waals surface area contributed by atoms with Crippen LogP contribution in [0.15, 0.2) is 231 Å². The zero-order valence-corrected chi connectivity index (χ0v) is 38.0. The van der Waals surface area contributed by atoms with Crippen molar-refractivity contribution in [3.63, 3.8) is 0 Å².